The molecule has 0 aromatic heterocycles. The Hall–Kier alpha value is -2.94. The van der Waals surface area contributed by atoms with Crippen LogP contribution < -0.4 is 4.90 Å². The summed E-state index contributed by atoms with van der Waals surface area (Å²) in [7, 11) is 0. The first-order valence-corrected chi connectivity index (χ1v) is 9.50. The fourth-order valence-corrected chi connectivity index (χ4v) is 3.42. The minimum absolute atomic E-state index is 0.0232. The molecule has 3 rings (SSSR count). The summed E-state index contributed by atoms with van der Waals surface area (Å²) in [5.74, 6) is -1.36. The molecule has 2 aliphatic heterocycles. The molecule has 2 aliphatic rings. The van der Waals surface area contributed by atoms with Crippen molar-refractivity contribution in [2.45, 2.75) is 51.9 Å². The van der Waals surface area contributed by atoms with E-state index in [4.69, 9.17) is 9.84 Å². The average Bonchev–Trinajstić information content (AvgIpc) is 3.02. The number of carbonyl (C=O) groups is 4. The lowest BCUT2D eigenvalue weighted by molar-refractivity contribution is -0.150. The number of anilines is 1. The number of rotatable bonds is 3. The molecular formula is C20H25N3O6. The second-order valence-corrected chi connectivity index (χ2v) is 8.05. The van der Waals surface area contributed by atoms with Crippen molar-refractivity contribution in [1.29, 1.82) is 0 Å². The molecule has 1 atom stereocenters. The lowest BCUT2D eigenvalue weighted by Gasteiger charge is -2.34. The van der Waals surface area contributed by atoms with Crippen LogP contribution in [0.4, 0.5) is 15.3 Å². The molecule has 0 spiro atoms. The summed E-state index contributed by atoms with van der Waals surface area (Å²) in [6.45, 7) is 5.52. The van der Waals surface area contributed by atoms with Crippen molar-refractivity contribution in [3.63, 3.8) is 0 Å². The standard InChI is InChI=1S/C20H25N3O6/c1-20(2,3)29-19(28)23-16(25)9-8-15(17(23)26)22-11-10-21(18(22)27)14-6-4-13(12-24)5-7-14/h4-7,15,24H,8-12H2,1-3H3. The SMILES string of the molecule is CC(C)(C)OC(=O)N1C(=O)CCC(N2CCN(c3ccc(CO)cc3)C2=O)C1=O. The topological polar surface area (TPSA) is 107 Å². The van der Waals surface area contributed by atoms with E-state index in [0.29, 0.717) is 23.7 Å². The fourth-order valence-electron chi connectivity index (χ4n) is 3.42. The molecule has 2 fully saturated rings. The van der Waals surface area contributed by atoms with Crippen LogP contribution in [0.15, 0.2) is 24.3 Å². The van der Waals surface area contributed by atoms with Crippen LogP contribution in [0.1, 0.15) is 39.2 Å². The van der Waals surface area contributed by atoms with Crippen LogP contribution in [0.25, 0.3) is 0 Å². The van der Waals surface area contributed by atoms with E-state index in [1.54, 1.807) is 45.0 Å². The van der Waals surface area contributed by atoms with Crippen molar-refractivity contribution in [2.24, 2.45) is 0 Å². The van der Waals surface area contributed by atoms with Gasteiger partial charge in [-0.05, 0) is 44.9 Å². The summed E-state index contributed by atoms with van der Waals surface area (Å²) >= 11 is 0. The molecule has 0 aliphatic carbocycles. The molecule has 0 radical (unpaired) electrons. The Balaban J connectivity index is 1.76. The van der Waals surface area contributed by atoms with Crippen LogP contribution in [0.2, 0.25) is 0 Å². The molecule has 9 heteroatoms. The Bertz CT molecular complexity index is 830. The minimum atomic E-state index is -1.01. The highest BCUT2D eigenvalue weighted by Gasteiger charge is 2.46. The number of hydrogen-bond donors (Lipinski definition) is 1. The third-order valence-electron chi connectivity index (χ3n) is 4.81. The Morgan fingerprint density at radius 3 is 2.38 bits per heavy atom. The van der Waals surface area contributed by atoms with Gasteiger partial charge in [0.15, 0.2) is 0 Å². The molecule has 1 aromatic carbocycles. The Morgan fingerprint density at radius 1 is 1.14 bits per heavy atom. The molecule has 1 N–H and O–H groups in total. The van der Waals surface area contributed by atoms with Crippen molar-refractivity contribution in [3.05, 3.63) is 29.8 Å². The summed E-state index contributed by atoms with van der Waals surface area (Å²) in [6.07, 6.45) is -0.870. The highest BCUT2D eigenvalue weighted by atomic mass is 16.6. The number of ether oxygens (including phenoxy) is 1. The summed E-state index contributed by atoms with van der Waals surface area (Å²) in [5, 5.41) is 9.15. The molecule has 1 aromatic rings. The van der Waals surface area contributed by atoms with Crippen LogP contribution in [-0.2, 0) is 20.9 Å². The molecular weight excluding hydrogens is 378 g/mol. The smallest absolute Gasteiger partial charge is 0.424 e. The number of hydrogen-bond acceptors (Lipinski definition) is 6. The summed E-state index contributed by atoms with van der Waals surface area (Å²) in [5.41, 5.74) is 0.523. The first-order valence-electron chi connectivity index (χ1n) is 9.50. The Kier molecular flexibility index (Phi) is 5.61. The maximum Gasteiger partial charge on any atom is 0.424 e. The van der Waals surface area contributed by atoms with Gasteiger partial charge in [0, 0.05) is 25.2 Å². The number of urea groups is 1. The van der Waals surface area contributed by atoms with Gasteiger partial charge in [-0.25, -0.2) is 9.59 Å². The maximum absolute atomic E-state index is 12.9. The van der Waals surface area contributed by atoms with Gasteiger partial charge in [-0.2, -0.15) is 4.90 Å². The van der Waals surface area contributed by atoms with E-state index in [1.165, 1.54) is 9.80 Å². The first-order chi connectivity index (χ1) is 13.6. The molecule has 0 bridgehead atoms. The molecule has 2 saturated heterocycles. The second kappa shape index (κ2) is 7.82. The van der Waals surface area contributed by atoms with Gasteiger partial charge in [-0.3, -0.25) is 14.5 Å². The van der Waals surface area contributed by atoms with Crippen molar-refractivity contribution >= 4 is 29.6 Å². The van der Waals surface area contributed by atoms with E-state index >= 15 is 0 Å². The molecule has 1 unspecified atom stereocenters. The van der Waals surface area contributed by atoms with Crippen molar-refractivity contribution in [3.8, 4) is 0 Å². The third-order valence-corrected chi connectivity index (χ3v) is 4.81. The molecule has 0 saturated carbocycles. The fraction of sp³-hybridized carbons (Fsp3) is 0.500. The normalized spacial score (nSPS) is 20.5. The van der Waals surface area contributed by atoms with E-state index in [1.807, 2.05) is 0 Å². The third kappa shape index (κ3) is 4.24. The number of likely N-dealkylation sites (tertiary alicyclic amines) is 1. The number of imide groups is 3. The minimum Gasteiger partial charge on any atom is -0.443 e. The first kappa shape index (κ1) is 20.8. The van der Waals surface area contributed by atoms with E-state index in [9.17, 15) is 19.2 Å². The van der Waals surface area contributed by atoms with Crippen LogP contribution in [-0.4, -0.2) is 63.6 Å². The van der Waals surface area contributed by atoms with Crippen LogP contribution in [0, 0.1) is 0 Å². The van der Waals surface area contributed by atoms with Gasteiger partial charge in [0.2, 0.25) is 5.91 Å². The van der Waals surface area contributed by atoms with Crippen LogP contribution in [0.5, 0.6) is 0 Å². The van der Waals surface area contributed by atoms with Crippen LogP contribution in [0.3, 0.4) is 0 Å². The summed E-state index contributed by atoms with van der Waals surface area (Å²) < 4.78 is 5.18. The second-order valence-electron chi connectivity index (χ2n) is 8.05. The van der Waals surface area contributed by atoms with Gasteiger partial charge in [0.1, 0.15) is 11.6 Å². The number of amides is 5. The molecule has 2 heterocycles. The average molecular weight is 403 g/mol. The number of nitrogens with zero attached hydrogens (tertiary/aromatic N) is 3. The quantitative estimate of drug-likeness (QED) is 0.772. The van der Waals surface area contributed by atoms with E-state index in [0.717, 1.165) is 5.56 Å². The van der Waals surface area contributed by atoms with Gasteiger partial charge < -0.3 is 14.7 Å². The Morgan fingerprint density at radius 2 is 1.79 bits per heavy atom. The van der Waals surface area contributed by atoms with E-state index in [2.05, 4.69) is 0 Å². The lowest BCUT2D eigenvalue weighted by Crippen LogP contribution is -2.57. The molecule has 156 valence electrons. The number of carbonyl (C=O) groups excluding carboxylic acids is 4. The number of piperidine rings is 1. The lowest BCUT2D eigenvalue weighted by atomic mass is 10.0. The van der Waals surface area contributed by atoms with Gasteiger partial charge in [0.25, 0.3) is 5.91 Å². The van der Waals surface area contributed by atoms with Crippen molar-refractivity contribution in [1.82, 2.24) is 9.80 Å². The summed E-state index contributed by atoms with van der Waals surface area (Å²) in [6, 6.07) is 5.64. The van der Waals surface area contributed by atoms with E-state index < -0.39 is 29.6 Å². The molecule has 9 nitrogen and oxygen atoms in total. The van der Waals surface area contributed by atoms with Crippen molar-refractivity contribution < 1.29 is 29.0 Å². The van der Waals surface area contributed by atoms with Gasteiger partial charge >= 0.3 is 12.1 Å². The molecule has 29 heavy (non-hydrogen) atoms. The predicted octanol–water partition coefficient (Wildman–Crippen LogP) is 1.87. The largest absolute Gasteiger partial charge is 0.443 e. The summed E-state index contributed by atoms with van der Waals surface area (Å²) in [4.78, 5) is 53.8. The van der Waals surface area contributed by atoms with Gasteiger partial charge in [-0.15, -0.1) is 0 Å². The van der Waals surface area contributed by atoms with Gasteiger partial charge in [0.05, 0.1) is 6.61 Å². The molecule has 5 amide bonds. The Labute approximate surface area is 168 Å². The number of aliphatic hydroxyl groups excluding tert-OH is 1. The van der Waals surface area contributed by atoms with E-state index in [-0.39, 0.29) is 25.5 Å². The van der Waals surface area contributed by atoms with Crippen LogP contribution >= 0.6 is 0 Å². The maximum atomic E-state index is 12.9. The van der Waals surface area contributed by atoms with Gasteiger partial charge in [-0.1, -0.05) is 12.1 Å². The highest BCUT2D eigenvalue weighted by molar-refractivity contribution is 6.13. The highest BCUT2D eigenvalue weighted by Crippen LogP contribution is 2.27. The monoisotopic (exact) mass is 403 g/mol. The zero-order chi connectivity index (χ0) is 21.3. The zero-order valence-corrected chi connectivity index (χ0v) is 16.8. The number of benzene rings is 1. The predicted molar refractivity (Wildman–Crippen MR) is 103 cm³/mol. The zero-order valence-electron chi connectivity index (χ0n) is 16.8. The number of aliphatic hydroxyl groups is 1. The van der Waals surface area contributed by atoms with Crippen molar-refractivity contribution in [2.75, 3.05) is 18.0 Å².